The molecule has 27 heavy (non-hydrogen) atoms. The zero-order valence-corrected chi connectivity index (χ0v) is 15.6. The Morgan fingerprint density at radius 3 is 2.56 bits per heavy atom. The summed E-state index contributed by atoms with van der Waals surface area (Å²) in [4.78, 5) is 29.4. The number of benzene rings is 2. The lowest BCUT2D eigenvalue weighted by Gasteiger charge is -2.38. The van der Waals surface area contributed by atoms with Gasteiger partial charge in [-0.3, -0.25) is 14.6 Å². The Labute approximate surface area is 160 Å². The van der Waals surface area contributed by atoms with Crippen molar-refractivity contribution in [3.8, 4) is 0 Å². The Bertz CT molecular complexity index is 852. The van der Waals surface area contributed by atoms with Gasteiger partial charge in [-0.15, -0.1) is 0 Å². The number of imide groups is 1. The third-order valence-electron chi connectivity index (χ3n) is 5.49. The fourth-order valence-corrected chi connectivity index (χ4v) is 4.21. The van der Waals surface area contributed by atoms with Crippen LogP contribution in [0.4, 0.5) is 4.79 Å². The van der Waals surface area contributed by atoms with Crippen molar-refractivity contribution in [1.82, 2.24) is 15.1 Å². The first kappa shape index (κ1) is 17.7. The number of urea groups is 1. The van der Waals surface area contributed by atoms with Gasteiger partial charge in [0, 0.05) is 13.1 Å². The van der Waals surface area contributed by atoms with Gasteiger partial charge < -0.3 is 5.32 Å². The van der Waals surface area contributed by atoms with Crippen molar-refractivity contribution >= 4 is 11.9 Å². The van der Waals surface area contributed by atoms with Crippen LogP contribution in [0.1, 0.15) is 29.5 Å². The summed E-state index contributed by atoms with van der Waals surface area (Å²) in [6.07, 6.45) is 1.60. The predicted molar refractivity (Wildman–Crippen MR) is 104 cm³/mol. The lowest BCUT2D eigenvalue weighted by Crippen LogP contribution is -2.58. The minimum Gasteiger partial charge on any atom is -0.322 e. The molecule has 2 aliphatic rings. The number of hydrogen-bond donors (Lipinski definition) is 1. The minimum absolute atomic E-state index is 0.0910. The van der Waals surface area contributed by atoms with E-state index in [4.69, 9.17) is 0 Å². The molecule has 5 nitrogen and oxygen atoms in total. The van der Waals surface area contributed by atoms with Crippen LogP contribution in [0.25, 0.3) is 0 Å². The molecule has 0 saturated carbocycles. The van der Waals surface area contributed by atoms with Crippen LogP contribution >= 0.6 is 0 Å². The molecule has 4 rings (SSSR count). The summed E-state index contributed by atoms with van der Waals surface area (Å²) in [6, 6.07) is 17.9. The Hall–Kier alpha value is -2.66. The molecule has 2 fully saturated rings. The average molecular weight is 363 g/mol. The normalized spacial score (nSPS) is 23.1. The maximum absolute atomic E-state index is 13.2. The molecule has 2 aliphatic heterocycles. The summed E-state index contributed by atoms with van der Waals surface area (Å²) in [6.45, 7) is 4.64. The number of nitrogens with zero attached hydrogens (tertiary/aromatic N) is 2. The van der Waals surface area contributed by atoms with E-state index < -0.39 is 5.54 Å². The second-order valence-corrected chi connectivity index (χ2v) is 7.69. The maximum Gasteiger partial charge on any atom is 0.325 e. The summed E-state index contributed by atoms with van der Waals surface area (Å²) < 4.78 is 0. The largest absolute Gasteiger partial charge is 0.325 e. The fourth-order valence-electron chi connectivity index (χ4n) is 4.21. The van der Waals surface area contributed by atoms with E-state index in [1.807, 2.05) is 49.4 Å². The summed E-state index contributed by atoms with van der Waals surface area (Å²) in [5, 5.41) is 3.02. The predicted octanol–water partition coefficient (Wildman–Crippen LogP) is 3.08. The molecule has 1 unspecified atom stereocenters. The van der Waals surface area contributed by atoms with Crippen LogP contribution in [0, 0.1) is 6.92 Å². The van der Waals surface area contributed by atoms with Crippen molar-refractivity contribution in [3.63, 3.8) is 0 Å². The van der Waals surface area contributed by atoms with Gasteiger partial charge in [-0.2, -0.15) is 0 Å². The first-order valence-corrected chi connectivity index (χ1v) is 9.52. The minimum atomic E-state index is -0.784. The lowest BCUT2D eigenvalue weighted by molar-refractivity contribution is -0.133. The molecule has 2 saturated heterocycles. The summed E-state index contributed by atoms with van der Waals surface area (Å²) >= 11 is 0. The molecule has 140 valence electrons. The van der Waals surface area contributed by atoms with Crippen LogP contribution in [-0.4, -0.2) is 40.4 Å². The highest BCUT2D eigenvalue weighted by Gasteiger charge is 2.52. The molecule has 3 amide bonds. The van der Waals surface area contributed by atoms with E-state index in [2.05, 4.69) is 22.3 Å². The number of carbonyl (C=O) groups excluding carboxylic acids is 2. The number of hydrogen-bond acceptors (Lipinski definition) is 3. The van der Waals surface area contributed by atoms with E-state index in [1.54, 1.807) is 0 Å². The first-order chi connectivity index (χ1) is 13.1. The van der Waals surface area contributed by atoms with Crippen molar-refractivity contribution in [2.45, 2.75) is 38.4 Å². The van der Waals surface area contributed by atoms with Crippen molar-refractivity contribution in [2.75, 3.05) is 13.1 Å². The molecule has 0 aromatic heterocycles. The van der Waals surface area contributed by atoms with Crippen LogP contribution in [0.3, 0.4) is 0 Å². The third kappa shape index (κ3) is 3.60. The second-order valence-electron chi connectivity index (χ2n) is 7.69. The number of piperidine rings is 1. The topological polar surface area (TPSA) is 52.7 Å². The van der Waals surface area contributed by atoms with Gasteiger partial charge in [0.2, 0.25) is 0 Å². The van der Waals surface area contributed by atoms with E-state index in [0.29, 0.717) is 19.5 Å². The zero-order chi connectivity index (χ0) is 18.9. The summed E-state index contributed by atoms with van der Waals surface area (Å²) in [5.41, 5.74) is 2.55. The fraction of sp³-hybridized carbons (Fsp3) is 0.364. The third-order valence-corrected chi connectivity index (χ3v) is 5.49. The number of amides is 3. The molecule has 5 heteroatoms. The van der Waals surface area contributed by atoms with Gasteiger partial charge in [0.25, 0.3) is 5.91 Å². The summed E-state index contributed by atoms with van der Waals surface area (Å²) in [5.74, 6) is -0.0910. The number of likely N-dealkylation sites (tertiary alicyclic amines) is 1. The van der Waals surface area contributed by atoms with E-state index in [1.165, 1.54) is 10.5 Å². The molecule has 2 heterocycles. The molecule has 0 aliphatic carbocycles. The second kappa shape index (κ2) is 7.16. The Morgan fingerprint density at radius 2 is 1.78 bits per heavy atom. The maximum atomic E-state index is 13.2. The number of rotatable bonds is 4. The Morgan fingerprint density at radius 1 is 1.00 bits per heavy atom. The van der Waals surface area contributed by atoms with Gasteiger partial charge >= 0.3 is 6.03 Å². The molecule has 1 N–H and O–H groups in total. The number of nitrogens with one attached hydrogen (secondary N) is 1. The van der Waals surface area contributed by atoms with Crippen molar-refractivity contribution in [2.24, 2.45) is 0 Å². The van der Waals surface area contributed by atoms with Gasteiger partial charge in [-0.25, -0.2) is 4.79 Å². The molecule has 2 aromatic carbocycles. The highest BCUT2D eigenvalue weighted by Crippen LogP contribution is 2.30. The highest BCUT2D eigenvalue weighted by atomic mass is 16.2. The standard InChI is InChI=1S/C22H25N3O2/c1-17-7-5-10-19(13-17)15-25-20(26)22(23-21(25)27)11-6-12-24(16-22)14-18-8-3-2-4-9-18/h2-5,7-10,13H,6,11-12,14-16H2,1H3,(H,23,27). The number of carbonyl (C=O) groups is 2. The highest BCUT2D eigenvalue weighted by molar-refractivity contribution is 6.07. The van der Waals surface area contributed by atoms with Gasteiger partial charge in [-0.1, -0.05) is 60.2 Å². The van der Waals surface area contributed by atoms with Crippen LogP contribution in [0.2, 0.25) is 0 Å². The quantitative estimate of drug-likeness (QED) is 0.850. The molecular formula is C22H25N3O2. The molecule has 0 radical (unpaired) electrons. The molecule has 1 atom stereocenters. The van der Waals surface area contributed by atoms with Crippen molar-refractivity contribution < 1.29 is 9.59 Å². The van der Waals surface area contributed by atoms with E-state index in [9.17, 15) is 9.59 Å². The molecule has 1 spiro atoms. The van der Waals surface area contributed by atoms with Gasteiger partial charge in [0.15, 0.2) is 0 Å². The van der Waals surface area contributed by atoms with E-state index in [0.717, 1.165) is 30.6 Å². The van der Waals surface area contributed by atoms with Gasteiger partial charge in [-0.05, 0) is 37.4 Å². The van der Waals surface area contributed by atoms with Crippen molar-refractivity contribution in [3.05, 3.63) is 71.3 Å². The van der Waals surface area contributed by atoms with E-state index in [-0.39, 0.29) is 11.9 Å². The monoisotopic (exact) mass is 363 g/mol. The Balaban J connectivity index is 1.49. The SMILES string of the molecule is Cc1cccc(CN2C(=O)NC3(CCCN(Cc4ccccc4)C3)C2=O)c1. The smallest absolute Gasteiger partial charge is 0.322 e. The van der Waals surface area contributed by atoms with E-state index >= 15 is 0 Å². The molecule has 0 bridgehead atoms. The van der Waals surface area contributed by atoms with Gasteiger partial charge in [0.1, 0.15) is 5.54 Å². The van der Waals surface area contributed by atoms with Crippen molar-refractivity contribution in [1.29, 1.82) is 0 Å². The Kier molecular flexibility index (Phi) is 4.70. The molecular weight excluding hydrogens is 338 g/mol. The summed E-state index contributed by atoms with van der Waals surface area (Å²) in [7, 11) is 0. The molecule has 2 aromatic rings. The van der Waals surface area contributed by atoms with Crippen LogP contribution in [-0.2, 0) is 17.9 Å². The number of aryl methyl sites for hydroxylation is 1. The average Bonchev–Trinajstić information content (AvgIpc) is 2.87. The first-order valence-electron chi connectivity index (χ1n) is 9.52. The van der Waals surface area contributed by atoms with Crippen LogP contribution in [0.15, 0.2) is 54.6 Å². The zero-order valence-electron chi connectivity index (χ0n) is 15.6. The van der Waals surface area contributed by atoms with Crippen LogP contribution in [0.5, 0.6) is 0 Å². The lowest BCUT2D eigenvalue weighted by atomic mass is 9.88. The van der Waals surface area contributed by atoms with Crippen LogP contribution < -0.4 is 5.32 Å². The van der Waals surface area contributed by atoms with Gasteiger partial charge in [0.05, 0.1) is 6.54 Å².